The van der Waals surface area contributed by atoms with Crippen molar-refractivity contribution in [3.63, 3.8) is 0 Å². The number of unbranched alkanes of at least 4 members (excludes halogenated alkanes) is 1. The molecule has 0 spiro atoms. The first kappa shape index (κ1) is 12.0. The van der Waals surface area contributed by atoms with Crippen LogP contribution in [0.25, 0.3) is 0 Å². The summed E-state index contributed by atoms with van der Waals surface area (Å²) in [4.78, 5) is 0. The Morgan fingerprint density at radius 3 is 2.43 bits per heavy atom. The summed E-state index contributed by atoms with van der Waals surface area (Å²) < 4.78 is 5.03. The Hall–Kier alpha value is -0.0800. The minimum absolute atomic E-state index is 0.806. The van der Waals surface area contributed by atoms with Crippen molar-refractivity contribution in [1.29, 1.82) is 0 Å². The van der Waals surface area contributed by atoms with Crippen LogP contribution >= 0.6 is 0 Å². The molecule has 1 aliphatic carbocycles. The van der Waals surface area contributed by atoms with E-state index in [1.165, 1.54) is 57.9 Å². The van der Waals surface area contributed by atoms with E-state index in [4.69, 9.17) is 4.74 Å². The molecule has 0 bridgehead atoms. The third-order valence-electron chi connectivity index (χ3n) is 3.06. The highest BCUT2D eigenvalue weighted by Gasteiger charge is 2.10. The van der Waals surface area contributed by atoms with Gasteiger partial charge < -0.3 is 10.1 Å². The van der Waals surface area contributed by atoms with Gasteiger partial charge in [0.15, 0.2) is 0 Å². The normalized spacial score (nSPS) is 19.5. The monoisotopic (exact) mass is 199 g/mol. The maximum atomic E-state index is 5.03. The molecule has 1 fully saturated rings. The minimum Gasteiger partial charge on any atom is -0.385 e. The summed E-state index contributed by atoms with van der Waals surface area (Å²) in [6.45, 7) is 2.08. The zero-order valence-corrected chi connectivity index (χ0v) is 9.56. The van der Waals surface area contributed by atoms with Crippen molar-refractivity contribution in [3.05, 3.63) is 0 Å². The molecular weight excluding hydrogens is 174 g/mol. The maximum absolute atomic E-state index is 5.03. The average molecular weight is 199 g/mol. The SMILES string of the molecule is COCCCCNC1CCCCCC1. The van der Waals surface area contributed by atoms with Crippen LogP contribution in [0, 0.1) is 0 Å². The van der Waals surface area contributed by atoms with Gasteiger partial charge in [0, 0.05) is 19.8 Å². The molecule has 0 amide bonds. The fourth-order valence-electron chi connectivity index (χ4n) is 2.16. The zero-order valence-electron chi connectivity index (χ0n) is 9.56. The minimum atomic E-state index is 0.806. The van der Waals surface area contributed by atoms with Gasteiger partial charge in [-0.25, -0.2) is 0 Å². The lowest BCUT2D eigenvalue weighted by Crippen LogP contribution is -2.29. The summed E-state index contributed by atoms with van der Waals surface area (Å²) in [6.07, 6.45) is 11.0. The van der Waals surface area contributed by atoms with E-state index in [0.717, 1.165) is 12.6 Å². The summed E-state index contributed by atoms with van der Waals surface area (Å²) in [5, 5.41) is 3.66. The first-order valence-electron chi connectivity index (χ1n) is 6.16. The van der Waals surface area contributed by atoms with Gasteiger partial charge in [-0.2, -0.15) is 0 Å². The molecule has 0 saturated heterocycles. The zero-order chi connectivity index (χ0) is 10.1. The molecule has 1 N–H and O–H groups in total. The number of hydrogen-bond acceptors (Lipinski definition) is 2. The topological polar surface area (TPSA) is 21.3 Å². The number of ether oxygens (including phenoxy) is 1. The van der Waals surface area contributed by atoms with E-state index >= 15 is 0 Å². The Balaban J connectivity index is 1.93. The van der Waals surface area contributed by atoms with Crippen molar-refractivity contribution in [2.75, 3.05) is 20.3 Å². The van der Waals surface area contributed by atoms with Crippen molar-refractivity contribution < 1.29 is 4.74 Å². The highest BCUT2D eigenvalue weighted by Crippen LogP contribution is 2.16. The predicted octanol–water partition coefficient (Wildman–Crippen LogP) is 2.73. The Labute approximate surface area is 88.4 Å². The van der Waals surface area contributed by atoms with Gasteiger partial charge in [0.05, 0.1) is 0 Å². The number of nitrogens with one attached hydrogen (secondary N) is 1. The fraction of sp³-hybridized carbons (Fsp3) is 1.00. The molecule has 2 nitrogen and oxygen atoms in total. The molecule has 14 heavy (non-hydrogen) atoms. The van der Waals surface area contributed by atoms with Crippen LogP contribution in [-0.4, -0.2) is 26.3 Å². The molecule has 2 heteroatoms. The van der Waals surface area contributed by atoms with Crippen molar-refractivity contribution >= 4 is 0 Å². The second-order valence-electron chi connectivity index (χ2n) is 4.34. The molecule has 0 aromatic heterocycles. The number of rotatable bonds is 6. The van der Waals surface area contributed by atoms with E-state index in [-0.39, 0.29) is 0 Å². The van der Waals surface area contributed by atoms with Crippen LogP contribution in [0.4, 0.5) is 0 Å². The van der Waals surface area contributed by atoms with Gasteiger partial charge in [-0.3, -0.25) is 0 Å². The van der Waals surface area contributed by atoms with Gasteiger partial charge in [-0.05, 0) is 32.2 Å². The van der Waals surface area contributed by atoms with E-state index in [0.29, 0.717) is 0 Å². The Morgan fingerprint density at radius 1 is 1.07 bits per heavy atom. The molecule has 1 saturated carbocycles. The Kier molecular flexibility index (Phi) is 7.06. The second-order valence-corrected chi connectivity index (χ2v) is 4.34. The third kappa shape index (κ3) is 5.61. The maximum Gasteiger partial charge on any atom is 0.0462 e. The quantitative estimate of drug-likeness (QED) is 0.524. The molecule has 0 atom stereocenters. The number of hydrogen-bond donors (Lipinski definition) is 1. The highest BCUT2D eigenvalue weighted by atomic mass is 16.5. The van der Waals surface area contributed by atoms with Gasteiger partial charge in [0.2, 0.25) is 0 Å². The highest BCUT2D eigenvalue weighted by molar-refractivity contribution is 4.70. The molecule has 1 aliphatic rings. The second kappa shape index (κ2) is 8.25. The molecule has 0 radical (unpaired) electrons. The summed E-state index contributed by atoms with van der Waals surface area (Å²) in [5.74, 6) is 0. The van der Waals surface area contributed by atoms with Crippen molar-refractivity contribution in [2.45, 2.75) is 57.4 Å². The first-order chi connectivity index (χ1) is 6.93. The van der Waals surface area contributed by atoms with Crippen molar-refractivity contribution in [3.8, 4) is 0 Å². The third-order valence-corrected chi connectivity index (χ3v) is 3.06. The lowest BCUT2D eigenvalue weighted by atomic mass is 10.1. The van der Waals surface area contributed by atoms with Crippen LogP contribution in [-0.2, 0) is 4.74 Å². The van der Waals surface area contributed by atoms with Gasteiger partial charge >= 0.3 is 0 Å². The molecular formula is C12H25NO. The smallest absolute Gasteiger partial charge is 0.0462 e. The molecule has 0 heterocycles. The Bertz CT molecular complexity index is 119. The van der Waals surface area contributed by atoms with Crippen LogP contribution < -0.4 is 5.32 Å². The molecule has 0 aromatic rings. The van der Waals surface area contributed by atoms with Gasteiger partial charge in [-0.1, -0.05) is 25.7 Å². The molecule has 84 valence electrons. The van der Waals surface area contributed by atoms with Crippen LogP contribution in [0.15, 0.2) is 0 Å². The van der Waals surface area contributed by atoms with Gasteiger partial charge in [-0.15, -0.1) is 0 Å². The summed E-state index contributed by atoms with van der Waals surface area (Å²) >= 11 is 0. The van der Waals surface area contributed by atoms with E-state index < -0.39 is 0 Å². The van der Waals surface area contributed by atoms with Crippen molar-refractivity contribution in [1.82, 2.24) is 5.32 Å². The van der Waals surface area contributed by atoms with Crippen LogP contribution in [0.2, 0.25) is 0 Å². The number of methoxy groups -OCH3 is 1. The largest absolute Gasteiger partial charge is 0.385 e. The average Bonchev–Trinajstić information content (AvgIpc) is 2.46. The molecule has 1 rings (SSSR count). The molecule has 0 unspecified atom stereocenters. The van der Waals surface area contributed by atoms with E-state index in [2.05, 4.69) is 5.32 Å². The summed E-state index contributed by atoms with van der Waals surface area (Å²) in [6, 6.07) is 0.806. The standard InChI is InChI=1S/C12H25NO/c1-14-11-7-6-10-13-12-8-4-2-3-5-9-12/h12-13H,2-11H2,1H3. The fourth-order valence-corrected chi connectivity index (χ4v) is 2.16. The molecule has 0 aliphatic heterocycles. The Morgan fingerprint density at radius 2 is 1.79 bits per heavy atom. The van der Waals surface area contributed by atoms with Crippen molar-refractivity contribution in [2.24, 2.45) is 0 Å². The lowest BCUT2D eigenvalue weighted by molar-refractivity contribution is 0.192. The van der Waals surface area contributed by atoms with E-state index in [9.17, 15) is 0 Å². The van der Waals surface area contributed by atoms with Gasteiger partial charge in [0.1, 0.15) is 0 Å². The van der Waals surface area contributed by atoms with E-state index in [1.54, 1.807) is 7.11 Å². The summed E-state index contributed by atoms with van der Waals surface area (Å²) in [5.41, 5.74) is 0. The van der Waals surface area contributed by atoms with Crippen LogP contribution in [0.3, 0.4) is 0 Å². The molecule has 0 aromatic carbocycles. The van der Waals surface area contributed by atoms with Gasteiger partial charge in [0.25, 0.3) is 0 Å². The lowest BCUT2D eigenvalue weighted by Gasteiger charge is -2.15. The van der Waals surface area contributed by atoms with Crippen LogP contribution in [0.5, 0.6) is 0 Å². The first-order valence-corrected chi connectivity index (χ1v) is 6.16. The predicted molar refractivity (Wildman–Crippen MR) is 60.6 cm³/mol. The van der Waals surface area contributed by atoms with E-state index in [1.807, 2.05) is 0 Å². The van der Waals surface area contributed by atoms with Crippen LogP contribution in [0.1, 0.15) is 51.4 Å². The summed E-state index contributed by atoms with van der Waals surface area (Å²) in [7, 11) is 1.78.